The zero-order chi connectivity index (χ0) is 20.4. The van der Waals surface area contributed by atoms with E-state index in [1.807, 2.05) is 6.07 Å². The lowest BCUT2D eigenvalue weighted by molar-refractivity contribution is -0.385. The molecule has 0 aliphatic rings. The summed E-state index contributed by atoms with van der Waals surface area (Å²) < 4.78 is 15.9. The zero-order valence-electron chi connectivity index (χ0n) is 15.1. The second-order valence-corrected chi connectivity index (χ2v) is 5.90. The molecule has 2 aromatic carbocycles. The van der Waals surface area contributed by atoms with Gasteiger partial charge in [-0.3, -0.25) is 15.1 Å². The molecule has 0 aliphatic heterocycles. The minimum atomic E-state index is -0.750. The number of aromatic nitrogens is 2. The summed E-state index contributed by atoms with van der Waals surface area (Å²) in [5.41, 5.74) is 1.26. The van der Waals surface area contributed by atoms with Gasteiger partial charge in [0, 0.05) is 18.3 Å². The third-order valence-electron chi connectivity index (χ3n) is 4.07. The maximum absolute atomic E-state index is 12.4. The van der Waals surface area contributed by atoms with Crippen molar-refractivity contribution >= 4 is 22.8 Å². The minimum absolute atomic E-state index is 0.0179. The Morgan fingerprint density at radius 3 is 2.72 bits per heavy atom. The van der Waals surface area contributed by atoms with Gasteiger partial charge in [0.05, 0.1) is 17.6 Å². The summed E-state index contributed by atoms with van der Waals surface area (Å²) in [6.45, 7) is 0. The van der Waals surface area contributed by atoms with Crippen LogP contribution in [0.3, 0.4) is 0 Å². The number of methoxy groups -OCH3 is 1. The first kappa shape index (κ1) is 18.1. The largest absolute Gasteiger partial charge is 0.490 e. The van der Waals surface area contributed by atoms with E-state index in [9.17, 15) is 14.9 Å². The molecule has 0 saturated heterocycles. The molecule has 0 fully saturated rings. The number of ether oxygens (including phenoxy) is 2. The molecule has 0 unspecified atom stereocenters. The molecule has 0 saturated carbocycles. The van der Waals surface area contributed by atoms with Gasteiger partial charge < -0.3 is 13.9 Å². The van der Waals surface area contributed by atoms with E-state index in [0.717, 1.165) is 6.07 Å². The van der Waals surface area contributed by atoms with Crippen molar-refractivity contribution < 1.29 is 23.6 Å². The quantitative estimate of drug-likeness (QED) is 0.217. The van der Waals surface area contributed by atoms with Crippen molar-refractivity contribution in [1.82, 2.24) is 9.97 Å². The molecule has 0 amide bonds. The van der Waals surface area contributed by atoms with Crippen molar-refractivity contribution in [3.05, 3.63) is 76.5 Å². The summed E-state index contributed by atoms with van der Waals surface area (Å²) in [5.74, 6) is -0.143. The summed E-state index contributed by atoms with van der Waals surface area (Å²) in [5, 5.41) is 11.1. The fourth-order valence-corrected chi connectivity index (χ4v) is 2.69. The lowest BCUT2D eigenvalue weighted by Crippen LogP contribution is -2.09. The lowest BCUT2D eigenvalue weighted by Gasteiger charge is -2.06. The van der Waals surface area contributed by atoms with Crippen molar-refractivity contribution in [2.45, 2.75) is 0 Å². The van der Waals surface area contributed by atoms with Crippen molar-refractivity contribution in [2.75, 3.05) is 7.11 Å². The van der Waals surface area contributed by atoms with Gasteiger partial charge >= 0.3 is 11.7 Å². The maximum Gasteiger partial charge on any atom is 0.343 e. The molecule has 9 heteroatoms. The number of hydrogen-bond donors (Lipinski definition) is 0. The number of benzene rings is 2. The topological polar surface area (TPSA) is 118 Å². The number of pyridine rings is 1. The Kier molecular flexibility index (Phi) is 4.62. The van der Waals surface area contributed by atoms with Gasteiger partial charge in [-0.1, -0.05) is 6.07 Å². The Morgan fingerprint density at radius 1 is 1.14 bits per heavy atom. The number of hydrogen-bond acceptors (Lipinski definition) is 8. The predicted molar refractivity (Wildman–Crippen MR) is 102 cm³/mol. The molecule has 0 bridgehead atoms. The molecular weight excluding hydrogens is 378 g/mol. The Bertz CT molecular complexity index is 1220. The molecule has 0 radical (unpaired) electrons. The van der Waals surface area contributed by atoms with Crippen LogP contribution >= 0.6 is 0 Å². The highest BCUT2D eigenvalue weighted by Gasteiger charge is 2.20. The van der Waals surface area contributed by atoms with E-state index in [2.05, 4.69) is 9.97 Å². The number of nitro groups is 1. The van der Waals surface area contributed by atoms with Crippen LogP contribution in [0.15, 0.2) is 65.2 Å². The third kappa shape index (κ3) is 3.61. The Hall–Kier alpha value is -4.27. The number of nitrogens with zero attached hydrogens (tertiary/aromatic N) is 3. The van der Waals surface area contributed by atoms with Crippen LogP contribution in [-0.2, 0) is 0 Å². The van der Waals surface area contributed by atoms with Crippen molar-refractivity contribution in [3.63, 3.8) is 0 Å². The standard InChI is InChI=1S/C20H13N3O6/c1-27-17-8-5-12(10-16(17)23(25)26)20(24)28-13-6-7-14-18(11-13)29-19(22-14)15-4-2-3-9-21-15/h2-11H,1H3. The molecule has 4 aromatic rings. The minimum Gasteiger partial charge on any atom is -0.490 e. The summed E-state index contributed by atoms with van der Waals surface area (Å²) in [6.07, 6.45) is 1.63. The van der Waals surface area contributed by atoms with E-state index in [0.29, 0.717) is 22.7 Å². The summed E-state index contributed by atoms with van der Waals surface area (Å²) in [4.78, 5) is 31.4. The van der Waals surface area contributed by atoms with Crippen LogP contribution < -0.4 is 9.47 Å². The Labute approximate surface area is 163 Å². The second-order valence-electron chi connectivity index (χ2n) is 5.90. The molecule has 144 valence electrons. The van der Waals surface area contributed by atoms with Crippen LogP contribution in [-0.4, -0.2) is 28.0 Å². The van der Waals surface area contributed by atoms with Gasteiger partial charge in [0.15, 0.2) is 11.3 Å². The van der Waals surface area contributed by atoms with E-state index in [1.165, 1.54) is 25.3 Å². The Morgan fingerprint density at radius 2 is 2.00 bits per heavy atom. The van der Waals surface area contributed by atoms with Gasteiger partial charge in [-0.15, -0.1) is 0 Å². The molecule has 0 spiro atoms. The molecule has 29 heavy (non-hydrogen) atoms. The number of carbonyl (C=O) groups is 1. The highest BCUT2D eigenvalue weighted by molar-refractivity contribution is 5.92. The number of carbonyl (C=O) groups excluding carboxylic acids is 1. The Balaban J connectivity index is 1.60. The highest BCUT2D eigenvalue weighted by atomic mass is 16.6. The number of rotatable bonds is 5. The molecule has 9 nitrogen and oxygen atoms in total. The van der Waals surface area contributed by atoms with Gasteiger partial charge in [0.25, 0.3) is 0 Å². The zero-order valence-corrected chi connectivity index (χ0v) is 15.1. The van der Waals surface area contributed by atoms with Gasteiger partial charge in [-0.2, -0.15) is 0 Å². The van der Waals surface area contributed by atoms with Crippen molar-refractivity contribution in [2.24, 2.45) is 0 Å². The molecule has 0 atom stereocenters. The highest BCUT2D eigenvalue weighted by Crippen LogP contribution is 2.29. The van der Waals surface area contributed by atoms with Gasteiger partial charge in [0.1, 0.15) is 17.0 Å². The predicted octanol–water partition coefficient (Wildman–Crippen LogP) is 4.03. The molecule has 2 heterocycles. The second kappa shape index (κ2) is 7.39. The van der Waals surface area contributed by atoms with E-state index in [-0.39, 0.29) is 22.7 Å². The van der Waals surface area contributed by atoms with Crippen molar-refractivity contribution in [3.8, 4) is 23.1 Å². The van der Waals surface area contributed by atoms with Crippen molar-refractivity contribution in [1.29, 1.82) is 0 Å². The monoisotopic (exact) mass is 391 g/mol. The van der Waals surface area contributed by atoms with Crippen LogP contribution in [0.4, 0.5) is 5.69 Å². The number of fused-ring (bicyclic) bond motifs is 1. The van der Waals surface area contributed by atoms with E-state index >= 15 is 0 Å². The number of esters is 1. The van der Waals surface area contributed by atoms with Crippen LogP contribution in [0.5, 0.6) is 11.5 Å². The summed E-state index contributed by atoms with van der Waals surface area (Å²) >= 11 is 0. The number of oxazole rings is 1. The summed E-state index contributed by atoms with van der Waals surface area (Å²) in [6, 6.07) is 13.9. The normalized spacial score (nSPS) is 10.7. The fraction of sp³-hybridized carbons (Fsp3) is 0.0500. The first-order valence-corrected chi connectivity index (χ1v) is 8.42. The van der Waals surface area contributed by atoms with Crippen LogP contribution in [0.1, 0.15) is 10.4 Å². The smallest absolute Gasteiger partial charge is 0.343 e. The molecule has 0 N–H and O–H groups in total. The molecular formula is C20H13N3O6. The fourth-order valence-electron chi connectivity index (χ4n) is 2.69. The maximum atomic E-state index is 12.4. The van der Waals surface area contributed by atoms with Gasteiger partial charge in [-0.05, 0) is 36.4 Å². The molecule has 2 aromatic heterocycles. The van der Waals surface area contributed by atoms with Crippen LogP contribution in [0, 0.1) is 10.1 Å². The van der Waals surface area contributed by atoms with Crippen LogP contribution in [0.25, 0.3) is 22.7 Å². The van der Waals surface area contributed by atoms with Gasteiger partial charge in [0.2, 0.25) is 5.89 Å². The first-order valence-electron chi connectivity index (χ1n) is 8.42. The van der Waals surface area contributed by atoms with E-state index in [4.69, 9.17) is 13.9 Å². The third-order valence-corrected chi connectivity index (χ3v) is 4.07. The average Bonchev–Trinajstić information content (AvgIpc) is 3.17. The summed E-state index contributed by atoms with van der Waals surface area (Å²) in [7, 11) is 1.31. The molecule has 0 aliphatic carbocycles. The van der Waals surface area contributed by atoms with E-state index < -0.39 is 10.9 Å². The van der Waals surface area contributed by atoms with Gasteiger partial charge in [-0.25, -0.2) is 9.78 Å². The lowest BCUT2D eigenvalue weighted by atomic mass is 10.2. The average molecular weight is 391 g/mol. The van der Waals surface area contributed by atoms with Crippen LogP contribution in [0.2, 0.25) is 0 Å². The first-order chi connectivity index (χ1) is 14.0. The van der Waals surface area contributed by atoms with E-state index in [1.54, 1.807) is 30.5 Å². The number of nitro benzene ring substituents is 1. The SMILES string of the molecule is COc1ccc(C(=O)Oc2ccc3nc(-c4ccccn4)oc3c2)cc1[N+](=O)[O-]. The molecule has 4 rings (SSSR count).